The number of halogens is 1. The van der Waals surface area contributed by atoms with Gasteiger partial charge in [0, 0.05) is 35.4 Å². The minimum absolute atomic E-state index is 0.0174. The predicted octanol–water partition coefficient (Wildman–Crippen LogP) is 6.11. The molecule has 2 aromatic rings. The summed E-state index contributed by atoms with van der Waals surface area (Å²) in [6.07, 6.45) is 4.10. The number of esters is 1. The molecule has 1 fully saturated rings. The van der Waals surface area contributed by atoms with Crippen LogP contribution in [0.25, 0.3) is 0 Å². The quantitative estimate of drug-likeness (QED) is 0.242. The van der Waals surface area contributed by atoms with E-state index in [2.05, 4.69) is 5.32 Å². The Morgan fingerprint density at radius 1 is 1.02 bits per heavy atom. The van der Waals surface area contributed by atoms with Crippen LogP contribution in [0.4, 0.5) is 5.69 Å². The van der Waals surface area contributed by atoms with E-state index in [0.29, 0.717) is 46.0 Å². The van der Waals surface area contributed by atoms with Crippen LogP contribution in [0.2, 0.25) is 5.02 Å². The van der Waals surface area contributed by atoms with Gasteiger partial charge in [0.05, 0.1) is 24.7 Å². The normalized spacial score (nSPS) is 21.1. The number of nitrogens with one attached hydrogen (secondary N) is 1. The molecule has 0 spiro atoms. The first-order chi connectivity index (χ1) is 19.2. The number of benzene rings is 2. The van der Waals surface area contributed by atoms with Gasteiger partial charge in [-0.15, -0.1) is 0 Å². The molecule has 210 valence electrons. The highest BCUT2D eigenvalue weighted by Crippen LogP contribution is 2.47. The minimum atomic E-state index is -0.819. The molecule has 9 nitrogen and oxygen atoms in total. The standard InChI is InChI=1S/C30H31ClN2O7/c1-16-27(30(35)40-20-6-4-5-7-20)28(18-8-10-21(31)23(13-18)33(36)37)29-22(32-16)12-19(14-24(29)34)17-9-11-25(38-2)26(15-17)39-3/h8-11,13,15,19-20,28,32H,4-7,12,14H2,1-3H3/t19-,28+/m1/s1. The highest BCUT2D eigenvalue weighted by Gasteiger charge is 2.42. The van der Waals surface area contributed by atoms with Crippen LogP contribution in [0, 0.1) is 10.1 Å². The van der Waals surface area contributed by atoms with Gasteiger partial charge in [0.25, 0.3) is 5.69 Å². The molecule has 0 aromatic heterocycles. The number of carbonyl (C=O) groups excluding carboxylic acids is 2. The van der Waals surface area contributed by atoms with Crippen molar-refractivity contribution in [3.63, 3.8) is 0 Å². The molecule has 0 unspecified atom stereocenters. The second kappa shape index (κ2) is 11.3. The summed E-state index contributed by atoms with van der Waals surface area (Å²) in [6, 6.07) is 10.0. The number of nitro groups is 1. The number of Topliss-reactive ketones (excluding diaryl/α,β-unsaturated/α-hetero) is 1. The van der Waals surface area contributed by atoms with E-state index in [1.165, 1.54) is 12.1 Å². The topological polar surface area (TPSA) is 117 Å². The summed E-state index contributed by atoms with van der Waals surface area (Å²) in [7, 11) is 3.13. The minimum Gasteiger partial charge on any atom is -0.493 e. The molecule has 3 aliphatic rings. The first-order valence-corrected chi connectivity index (χ1v) is 13.7. The SMILES string of the molecule is COc1ccc([C@H]2CC(=O)C3=C(C2)NC(C)=C(C(=O)OC2CCCC2)[C@@H]3c2ccc(Cl)c([N+](=O)[O-])c2)cc1OC. The summed E-state index contributed by atoms with van der Waals surface area (Å²) >= 11 is 6.11. The highest BCUT2D eigenvalue weighted by atomic mass is 35.5. The maximum absolute atomic E-state index is 13.9. The van der Waals surface area contributed by atoms with E-state index in [0.717, 1.165) is 31.2 Å². The maximum atomic E-state index is 13.9. The van der Waals surface area contributed by atoms with Crippen molar-refractivity contribution in [2.45, 2.75) is 63.4 Å². The van der Waals surface area contributed by atoms with Gasteiger partial charge in [0.15, 0.2) is 17.3 Å². The molecule has 1 heterocycles. The Morgan fingerprint density at radius 2 is 1.73 bits per heavy atom. The number of carbonyl (C=O) groups is 2. The lowest BCUT2D eigenvalue weighted by atomic mass is 9.71. The van der Waals surface area contributed by atoms with Gasteiger partial charge < -0.3 is 19.5 Å². The van der Waals surface area contributed by atoms with Crippen molar-refractivity contribution in [1.29, 1.82) is 0 Å². The second-order valence-corrected chi connectivity index (χ2v) is 10.8. The first-order valence-electron chi connectivity index (χ1n) is 13.3. The van der Waals surface area contributed by atoms with Crippen LogP contribution in [-0.2, 0) is 14.3 Å². The fourth-order valence-corrected chi connectivity index (χ4v) is 6.24. The lowest BCUT2D eigenvalue weighted by Gasteiger charge is -2.37. The molecule has 40 heavy (non-hydrogen) atoms. The van der Waals surface area contributed by atoms with E-state index >= 15 is 0 Å². The Morgan fingerprint density at radius 3 is 2.40 bits per heavy atom. The zero-order valence-electron chi connectivity index (χ0n) is 22.6. The third-order valence-electron chi connectivity index (χ3n) is 8.00. The average Bonchev–Trinajstić information content (AvgIpc) is 3.44. The number of hydrogen-bond donors (Lipinski definition) is 1. The molecule has 2 atom stereocenters. The van der Waals surface area contributed by atoms with Crippen molar-refractivity contribution in [3.8, 4) is 11.5 Å². The molecule has 2 aromatic carbocycles. The largest absolute Gasteiger partial charge is 0.493 e. The average molecular weight is 567 g/mol. The fourth-order valence-electron chi connectivity index (χ4n) is 6.06. The Balaban J connectivity index is 1.57. The highest BCUT2D eigenvalue weighted by molar-refractivity contribution is 6.32. The van der Waals surface area contributed by atoms with E-state index in [-0.39, 0.29) is 34.9 Å². The Bertz CT molecular complexity index is 1440. The van der Waals surface area contributed by atoms with E-state index in [4.69, 9.17) is 25.8 Å². The summed E-state index contributed by atoms with van der Waals surface area (Å²) in [5.41, 5.74) is 3.05. The predicted molar refractivity (Wildman–Crippen MR) is 149 cm³/mol. The second-order valence-electron chi connectivity index (χ2n) is 10.4. The van der Waals surface area contributed by atoms with Crippen LogP contribution in [0.3, 0.4) is 0 Å². The van der Waals surface area contributed by atoms with Crippen LogP contribution in [0.1, 0.15) is 68.4 Å². The van der Waals surface area contributed by atoms with Gasteiger partial charge in [0.2, 0.25) is 0 Å². The summed E-state index contributed by atoms with van der Waals surface area (Å²) in [4.78, 5) is 38.6. The van der Waals surface area contributed by atoms with Gasteiger partial charge >= 0.3 is 5.97 Å². The van der Waals surface area contributed by atoms with Crippen LogP contribution in [0.15, 0.2) is 58.9 Å². The number of hydrogen-bond acceptors (Lipinski definition) is 8. The molecular weight excluding hydrogens is 536 g/mol. The van der Waals surface area contributed by atoms with Crippen molar-refractivity contribution in [1.82, 2.24) is 5.32 Å². The lowest BCUT2D eigenvalue weighted by Crippen LogP contribution is -2.36. The first kappa shape index (κ1) is 27.7. The van der Waals surface area contributed by atoms with E-state index in [1.54, 1.807) is 27.2 Å². The number of rotatable bonds is 7. The van der Waals surface area contributed by atoms with Gasteiger partial charge in [-0.05, 0) is 74.3 Å². The molecule has 10 heteroatoms. The Kier molecular flexibility index (Phi) is 7.85. The van der Waals surface area contributed by atoms with E-state index < -0.39 is 16.8 Å². The van der Waals surface area contributed by atoms with Gasteiger partial charge in [-0.1, -0.05) is 23.7 Å². The lowest BCUT2D eigenvalue weighted by molar-refractivity contribution is -0.384. The molecule has 1 aliphatic heterocycles. The van der Waals surface area contributed by atoms with Gasteiger partial charge in [-0.3, -0.25) is 14.9 Å². The monoisotopic (exact) mass is 566 g/mol. The molecule has 0 amide bonds. The summed E-state index contributed by atoms with van der Waals surface area (Å²) in [6.45, 7) is 1.77. The number of ketones is 1. The van der Waals surface area contributed by atoms with Crippen LogP contribution in [0.5, 0.6) is 11.5 Å². The van der Waals surface area contributed by atoms with Crippen molar-refractivity contribution in [2.24, 2.45) is 0 Å². The van der Waals surface area contributed by atoms with E-state index in [9.17, 15) is 19.7 Å². The van der Waals surface area contributed by atoms with Crippen molar-refractivity contribution < 1.29 is 28.7 Å². The van der Waals surface area contributed by atoms with Gasteiger partial charge in [0.1, 0.15) is 11.1 Å². The Labute approximate surface area is 237 Å². The van der Waals surface area contributed by atoms with Crippen molar-refractivity contribution in [2.75, 3.05) is 14.2 Å². The smallest absolute Gasteiger partial charge is 0.337 e. The van der Waals surface area contributed by atoms with Crippen molar-refractivity contribution >= 4 is 29.0 Å². The summed E-state index contributed by atoms with van der Waals surface area (Å²) in [5.74, 6) is -0.449. The number of allylic oxidation sites excluding steroid dienone is 3. The molecule has 1 N–H and O–H groups in total. The third kappa shape index (κ3) is 5.18. The Hall–Kier alpha value is -3.85. The zero-order chi connectivity index (χ0) is 28.6. The number of nitro benzene ring substituents is 1. The van der Waals surface area contributed by atoms with Gasteiger partial charge in [-0.2, -0.15) is 0 Å². The molecule has 5 rings (SSSR count). The van der Waals surface area contributed by atoms with Crippen LogP contribution in [-0.4, -0.2) is 37.0 Å². The molecule has 1 saturated carbocycles. The third-order valence-corrected chi connectivity index (χ3v) is 8.32. The molecular formula is C30H31ClN2O7. The summed E-state index contributed by atoms with van der Waals surface area (Å²) < 4.78 is 16.7. The number of dihydropyridines is 1. The summed E-state index contributed by atoms with van der Waals surface area (Å²) in [5, 5.41) is 15.0. The fraction of sp³-hybridized carbons (Fsp3) is 0.400. The number of methoxy groups -OCH3 is 2. The maximum Gasteiger partial charge on any atom is 0.337 e. The zero-order valence-corrected chi connectivity index (χ0v) is 23.4. The molecule has 2 aliphatic carbocycles. The van der Waals surface area contributed by atoms with Crippen LogP contribution < -0.4 is 14.8 Å². The van der Waals surface area contributed by atoms with E-state index in [1.807, 2.05) is 18.2 Å². The van der Waals surface area contributed by atoms with Gasteiger partial charge in [-0.25, -0.2) is 4.79 Å². The molecule has 0 saturated heterocycles. The number of nitrogens with zero attached hydrogens (tertiary/aromatic N) is 1. The van der Waals surface area contributed by atoms with Crippen molar-refractivity contribution in [3.05, 3.63) is 85.2 Å². The molecule has 0 radical (unpaired) electrons. The number of ether oxygens (including phenoxy) is 3. The van der Waals surface area contributed by atoms with Crippen LogP contribution >= 0.6 is 11.6 Å². The molecule has 0 bridgehead atoms.